The maximum atomic E-state index is 12.2. The lowest BCUT2D eigenvalue weighted by Gasteiger charge is -2.13. The van der Waals surface area contributed by atoms with E-state index in [1.807, 2.05) is 13.8 Å². The lowest BCUT2D eigenvalue weighted by atomic mass is 10.1. The first kappa shape index (κ1) is 17.8. The maximum Gasteiger partial charge on any atom is 0.262 e. The lowest BCUT2D eigenvalue weighted by molar-refractivity contribution is -0.118. The van der Waals surface area contributed by atoms with Crippen LogP contribution >= 0.6 is 11.6 Å². The van der Waals surface area contributed by atoms with E-state index in [0.29, 0.717) is 22.0 Å². The number of hydrogen-bond acceptors (Lipinski definition) is 3. The van der Waals surface area contributed by atoms with E-state index in [-0.39, 0.29) is 24.5 Å². The van der Waals surface area contributed by atoms with Crippen LogP contribution in [0.2, 0.25) is 5.02 Å². The van der Waals surface area contributed by atoms with Crippen molar-refractivity contribution in [2.75, 3.05) is 11.9 Å². The van der Waals surface area contributed by atoms with Gasteiger partial charge < -0.3 is 15.4 Å². The van der Waals surface area contributed by atoms with E-state index in [2.05, 4.69) is 10.6 Å². The molecule has 2 aromatic carbocycles. The molecule has 126 valence electrons. The Labute approximate surface area is 146 Å². The molecule has 0 radical (unpaired) electrons. The molecule has 0 bridgehead atoms. The van der Waals surface area contributed by atoms with Gasteiger partial charge in [-0.05, 0) is 44.2 Å². The van der Waals surface area contributed by atoms with Gasteiger partial charge >= 0.3 is 0 Å². The van der Waals surface area contributed by atoms with Gasteiger partial charge in [-0.1, -0.05) is 29.8 Å². The average molecular weight is 347 g/mol. The summed E-state index contributed by atoms with van der Waals surface area (Å²) in [4.78, 5) is 24.2. The number of carbonyl (C=O) groups is 2. The summed E-state index contributed by atoms with van der Waals surface area (Å²) in [6, 6.07) is 13.6. The molecule has 0 fully saturated rings. The van der Waals surface area contributed by atoms with Crippen molar-refractivity contribution in [2.24, 2.45) is 0 Å². The van der Waals surface area contributed by atoms with E-state index in [9.17, 15) is 9.59 Å². The number of rotatable bonds is 6. The summed E-state index contributed by atoms with van der Waals surface area (Å²) >= 11 is 5.86. The molecule has 0 aromatic heterocycles. The molecular weight excluding hydrogens is 328 g/mol. The first-order valence-electron chi connectivity index (χ1n) is 7.54. The minimum absolute atomic E-state index is 0.00687. The molecule has 2 N–H and O–H groups in total. The summed E-state index contributed by atoms with van der Waals surface area (Å²) in [7, 11) is 0. The van der Waals surface area contributed by atoms with E-state index in [4.69, 9.17) is 16.3 Å². The third-order valence-corrected chi connectivity index (χ3v) is 3.27. The highest BCUT2D eigenvalue weighted by atomic mass is 35.5. The first-order valence-corrected chi connectivity index (χ1v) is 7.91. The van der Waals surface area contributed by atoms with Crippen LogP contribution in [0.1, 0.15) is 24.2 Å². The van der Waals surface area contributed by atoms with Gasteiger partial charge in [-0.15, -0.1) is 0 Å². The van der Waals surface area contributed by atoms with Crippen LogP contribution in [-0.4, -0.2) is 24.5 Å². The number of nitrogens with one attached hydrogen (secondary N) is 2. The molecule has 0 unspecified atom stereocenters. The first-order chi connectivity index (χ1) is 11.5. The van der Waals surface area contributed by atoms with Gasteiger partial charge in [-0.3, -0.25) is 9.59 Å². The summed E-state index contributed by atoms with van der Waals surface area (Å²) in [5, 5.41) is 6.02. The largest absolute Gasteiger partial charge is 0.484 e. The van der Waals surface area contributed by atoms with Gasteiger partial charge in [-0.2, -0.15) is 0 Å². The number of benzene rings is 2. The van der Waals surface area contributed by atoms with Crippen LogP contribution in [0.4, 0.5) is 5.69 Å². The summed E-state index contributed by atoms with van der Waals surface area (Å²) < 4.78 is 5.39. The fourth-order valence-electron chi connectivity index (χ4n) is 2.02. The zero-order chi connectivity index (χ0) is 17.5. The van der Waals surface area contributed by atoms with Gasteiger partial charge in [-0.25, -0.2) is 0 Å². The Balaban J connectivity index is 2.00. The summed E-state index contributed by atoms with van der Waals surface area (Å²) in [5.74, 6) is -0.0973. The van der Waals surface area contributed by atoms with Crippen LogP contribution in [-0.2, 0) is 4.79 Å². The predicted octanol–water partition coefficient (Wildman–Crippen LogP) is 3.50. The predicted molar refractivity (Wildman–Crippen MR) is 94.6 cm³/mol. The van der Waals surface area contributed by atoms with Gasteiger partial charge in [0.1, 0.15) is 5.75 Å². The van der Waals surface area contributed by atoms with Crippen molar-refractivity contribution in [3.05, 3.63) is 59.1 Å². The number of carbonyl (C=O) groups excluding carboxylic acids is 2. The van der Waals surface area contributed by atoms with Crippen LogP contribution in [0.25, 0.3) is 0 Å². The third-order valence-electron chi connectivity index (χ3n) is 3.03. The number of para-hydroxylation sites is 1. The van der Waals surface area contributed by atoms with E-state index in [1.165, 1.54) is 0 Å². The van der Waals surface area contributed by atoms with Crippen LogP contribution in [0.15, 0.2) is 48.5 Å². The molecule has 0 heterocycles. The van der Waals surface area contributed by atoms with Crippen molar-refractivity contribution in [1.82, 2.24) is 5.32 Å². The van der Waals surface area contributed by atoms with Crippen molar-refractivity contribution in [3.8, 4) is 5.75 Å². The average Bonchev–Trinajstić information content (AvgIpc) is 2.53. The molecule has 6 heteroatoms. The highest BCUT2D eigenvalue weighted by molar-refractivity contribution is 6.30. The Bertz CT molecular complexity index is 732. The monoisotopic (exact) mass is 346 g/mol. The zero-order valence-electron chi connectivity index (χ0n) is 13.5. The van der Waals surface area contributed by atoms with Crippen molar-refractivity contribution in [2.45, 2.75) is 19.9 Å². The maximum absolute atomic E-state index is 12.2. The van der Waals surface area contributed by atoms with Gasteiger partial charge in [0.15, 0.2) is 6.61 Å². The van der Waals surface area contributed by atoms with E-state index in [1.54, 1.807) is 48.5 Å². The standard InChI is InChI=1S/C18H19ClN2O3/c1-12(2)20-18(23)15-8-3-4-9-16(15)21-17(22)11-24-14-7-5-6-13(19)10-14/h3-10,12H,11H2,1-2H3,(H,20,23)(H,21,22). The number of hydrogen-bond donors (Lipinski definition) is 2. The quantitative estimate of drug-likeness (QED) is 0.841. The molecule has 2 aromatic rings. The molecule has 0 spiro atoms. The van der Waals surface area contributed by atoms with Crippen LogP contribution in [0, 0.1) is 0 Å². The lowest BCUT2D eigenvalue weighted by Crippen LogP contribution is -2.31. The molecule has 0 saturated heterocycles. The van der Waals surface area contributed by atoms with Crippen LogP contribution < -0.4 is 15.4 Å². The zero-order valence-corrected chi connectivity index (χ0v) is 14.3. The van der Waals surface area contributed by atoms with Crippen LogP contribution in [0.3, 0.4) is 0 Å². The van der Waals surface area contributed by atoms with E-state index >= 15 is 0 Å². The smallest absolute Gasteiger partial charge is 0.262 e. The molecule has 0 aliphatic heterocycles. The highest BCUT2D eigenvalue weighted by Crippen LogP contribution is 2.18. The second kappa shape index (κ2) is 8.36. The minimum atomic E-state index is -0.361. The summed E-state index contributed by atoms with van der Waals surface area (Å²) in [6.45, 7) is 3.57. The Kier molecular flexibility index (Phi) is 6.21. The van der Waals surface area contributed by atoms with Crippen LogP contribution in [0.5, 0.6) is 5.75 Å². The third kappa shape index (κ3) is 5.28. The van der Waals surface area contributed by atoms with Gasteiger partial charge in [0, 0.05) is 11.1 Å². The van der Waals surface area contributed by atoms with Crippen molar-refractivity contribution in [1.29, 1.82) is 0 Å². The Morgan fingerprint density at radius 2 is 1.88 bits per heavy atom. The molecule has 0 atom stereocenters. The van der Waals surface area contributed by atoms with E-state index < -0.39 is 0 Å². The fourth-order valence-corrected chi connectivity index (χ4v) is 2.20. The number of amides is 2. The van der Waals surface area contributed by atoms with Gasteiger partial charge in [0.05, 0.1) is 11.3 Å². The number of ether oxygens (including phenoxy) is 1. The Hall–Kier alpha value is -2.53. The minimum Gasteiger partial charge on any atom is -0.484 e. The summed E-state index contributed by atoms with van der Waals surface area (Å²) in [5.41, 5.74) is 0.845. The second-order valence-electron chi connectivity index (χ2n) is 5.47. The summed E-state index contributed by atoms with van der Waals surface area (Å²) in [6.07, 6.45) is 0. The molecular formula is C18H19ClN2O3. The van der Waals surface area contributed by atoms with Gasteiger partial charge in [0.2, 0.25) is 0 Å². The Morgan fingerprint density at radius 3 is 2.58 bits per heavy atom. The highest BCUT2D eigenvalue weighted by Gasteiger charge is 2.14. The van der Waals surface area contributed by atoms with Gasteiger partial charge in [0.25, 0.3) is 11.8 Å². The molecule has 0 aliphatic rings. The molecule has 0 saturated carbocycles. The molecule has 2 amide bonds. The molecule has 2 rings (SSSR count). The SMILES string of the molecule is CC(C)NC(=O)c1ccccc1NC(=O)COc1cccc(Cl)c1. The van der Waals surface area contributed by atoms with E-state index in [0.717, 1.165) is 0 Å². The fraction of sp³-hybridized carbons (Fsp3) is 0.222. The molecule has 0 aliphatic carbocycles. The molecule has 5 nitrogen and oxygen atoms in total. The van der Waals surface area contributed by atoms with Crippen molar-refractivity contribution in [3.63, 3.8) is 0 Å². The van der Waals surface area contributed by atoms with Crippen molar-refractivity contribution < 1.29 is 14.3 Å². The topological polar surface area (TPSA) is 67.4 Å². The second-order valence-corrected chi connectivity index (χ2v) is 5.90. The number of anilines is 1. The van der Waals surface area contributed by atoms with Crippen molar-refractivity contribution >= 4 is 29.1 Å². The Morgan fingerprint density at radius 1 is 1.12 bits per heavy atom. The molecule has 24 heavy (non-hydrogen) atoms. The normalized spacial score (nSPS) is 10.3. The number of halogens is 1.